The lowest BCUT2D eigenvalue weighted by Gasteiger charge is -2.20. The Hall–Kier alpha value is -1.52. The second kappa shape index (κ2) is 7.81. The highest BCUT2D eigenvalue weighted by Crippen LogP contribution is 2.15. The Balaban J connectivity index is 2.34. The summed E-state index contributed by atoms with van der Waals surface area (Å²) in [5.74, 6) is 0.611. The molecule has 0 aliphatic carbocycles. The molecular weight excluding hydrogens is 264 g/mol. The van der Waals surface area contributed by atoms with Crippen molar-refractivity contribution in [1.29, 1.82) is 0 Å². The van der Waals surface area contributed by atoms with E-state index in [1.807, 2.05) is 0 Å². The van der Waals surface area contributed by atoms with Crippen molar-refractivity contribution in [2.24, 2.45) is 5.73 Å². The van der Waals surface area contributed by atoms with Gasteiger partial charge in [0.2, 0.25) is 5.91 Å². The smallest absolute Gasteiger partial charge is 0.239 e. The zero-order valence-electron chi connectivity index (χ0n) is 11.0. The highest BCUT2D eigenvalue weighted by atomic mass is 35.5. The van der Waals surface area contributed by atoms with Gasteiger partial charge < -0.3 is 15.4 Å². The first-order valence-corrected chi connectivity index (χ1v) is 6.42. The van der Waals surface area contributed by atoms with Gasteiger partial charge in [-0.3, -0.25) is 4.79 Å². The van der Waals surface area contributed by atoms with Gasteiger partial charge in [-0.1, -0.05) is 17.7 Å². The van der Waals surface area contributed by atoms with Gasteiger partial charge in [0.05, 0.1) is 12.6 Å². The standard InChI is InChI=1S/C14H19ClN2O2/c1-3-4-13(16)14(18)17(2)9-10-19-12-7-5-11(15)6-8-12/h3,5-8,13H,1,4,9-10,16H2,2H3. The number of carbonyl (C=O) groups excluding carboxylic acids is 1. The molecule has 0 aliphatic rings. The van der Waals surface area contributed by atoms with Crippen LogP contribution in [0.4, 0.5) is 0 Å². The molecule has 0 bridgehead atoms. The fourth-order valence-electron chi connectivity index (χ4n) is 1.50. The van der Waals surface area contributed by atoms with Crippen molar-refractivity contribution in [2.75, 3.05) is 20.2 Å². The number of hydrogen-bond donors (Lipinski definition) is 1. The average Bonchev–Trinajstić information content (AvgIpc) is 2.40. The van der Waals surface area contributed by atoms with E-state index in [4.69, 9.17) is 22.1 Å². The zero-order valence-corrected chi connectivity index (χ0v) is 11.8. The fourth-order valence-corrected chi connectivity index (χ4v) is 1.63. The number of rotatable bonds is 7. The van der Waals surface area contributed by atoms with Crippen LogP contribution in [-0.4, -0.2) is 37.0 Å². The Morgan fingerprint density at radius 3 is 2.74 bits per heavy atom. The summed E-state index contributed by atoms with van der Waals surface area (Å²) < 4.78 is 5.51. The lowest BCUT2D eigenvalue weighted by molar-refractivity contribution is -0.131. The molecular formula is C14H19ClN2O2. The number of hydrogen-bond acceptors (Lipinski definition) is 3. The number of amides is 1. The van der Waals surface area contributed by atoms with Gasteiger partial charge in [-0.15, -0.1) is 6.58 Å². The SMILES string of the molecule is C=CCC(N)C(=O)N(C)CCOc1ccc(Cl)cc1. The molecule has 0 spiro atoms. The number of carbonyl (C=O) groups is 1. The lowest BCUT2D eigenvalue weighted by Crippen LogP contribution is -2.42. The Labute approximate surface area is 118 Å². The Morgan fingerprint density at radius 2 is 2.16 bits per heavy atom. The minimum atomic E-state index is -0.530. The molecule has 1 atom stereocenters. The normalized spacial score (nSPS) is 11.7. The molecule has 5 heteroatoms. The van der Waals surface area contributed by atoms with E-state index in [1.54, 1.807) is 42.3 Å². The van der Waals surface area contributed by atoms with Crippen LogP contribution in [-0.2, 0) is 4.79 Å². The summed E-state index contributed by atoms with van der Waals surface area (Å²) >= 11 is 5.77. The number of halogens is 1. The second-order valence-electron chi connectivity index (χ2n) is 4.19. The van der Waals surface area contributed by atoms with E-state index in [9.17, 15) is 4.79 Å². The van der Waals surface area contributed by atoms with Crippen molar-refractivity contribution >= 4 is 17.5 Å². The molecule has 1 aromatic rings. The van der Waals surface area contributed by atoms with Crippen molar-refractivity contribution in [3.63, 3.8) is 0 Å². The molecule has 4 nitrogen and oxygen atoms in total. The molecule has 19 heavy (non-hydrogen) atoms. The summed E-state index contributed by atoms with van der Waals surface area (Å²) in [7, 11) is 1.70. The van der Waals surface area contributed by atoms with Gasteiger partial charge in [0.15, 0.2) is 0 Å². The molecule has 0 fully saturated rings. The van der Waals surface area contributed by atoms with Crippen LogP contribution >= 0.6 is 11.6 Å². The van der Waals surface area contributed by atoms with Gasteiger partial charge in [-0.2, -0.15) is 0 Å². The summed E-state index contributed by atoms with van der Waals surface area (Å²) in [6.07, 6.45) is 2.11. The maximum absolute atomic E-state index is 11.8. The predicted molar refractivity (Wildman–Crippen MR) is 77.4 cm³/mol. The predicted octanol–water partition coefficient (Wildman–Crippen LogP) is 2.08. The van der Waals surface area contributed by atoms with E-state index in [-0.39, 0.29) is 5.91 Å². The van der Waals surface area contributed by atoms with Crippen LogP contribution in [0.5, 0.6) is 5.75 Å². The summed E-state index contributed by atoms with van der Waals surface area (Å²) in [5, 5.41) is 0.662. The van der Waals surface area contributed by atoms with Crippen LogP contribution in [0.15, 0.2) is 36.9 Å². The van der Waals surface area contributed by atoms with Crippen molar-refractivity contribution in [2.45, 2.75) is 12.5 Å². The highest BCUT2D eigenvalue weighted by Gasteiger charge is 2.16. The van der Waals surface area contributed by atoms with Crippen LogP contribution in [0.25, 0.3) is 0 Å². The minimum absolute atomic E-state index is 0.111. The molecule has 104 valence electrons. The van der Waals surface area contributed by atoms with Crippen LogP contribution < -0.4 is 10.5 Å². The third-order valence-electron chi connectivity index (χ3n) is 2.62. The molecule has 2 N–H and O–H groups in total. The highest BCUT2D eigenvalue weighted by molar-refractivity contribution is 6.30. The van der Waals surface area contributed by atoms with Crippen molar-refractivity contribution in [1.82, 2.24) is 4.90 Å². The van der Waals surface area contributed by atoms with Crippen LogP contribution in [0, 0.1) is 0 Å². The maximum Gasteiger partial charge on any atom is 0.239 e. The summed E-state index contributed by atoms with van der Waals surface area (Å²) in [4.78, 5) is 13.4. The monoisotopic (exact) mass is 282 g/mol. The van der Waals surface area contributed by atoms with Gasteiger partial charge in [0.25, 0.3) is 0 Å². The molecule has 1 aromatic carbocycles. The number of ether oxygens (including phenoxy) is 1. The maximum atomic E-state index is 11.8. The van der Waals surface area contributed by atoms with Crippen LogP contribution in [0.1, 0.15) is 6.42 Å². The van der Waals surface area contributed by atoms with Crippen molar-refractivity contribution in [3.05, 3.63) is 41.9 Å². The van der Waals surface area contributed by atoms with E-state index in [0.29, 0.717) is 24.6 Å². The van der Waals surface area contributed by atoms with Gasteiger partial charge in [0.1, 0.15) is 12.4 Å². The largest absolute Gasteiger partial charge is 0.492 e. The van der Waals surface area contributed by atoms with Crippen LogP contribution in [0.3, 0.4) is 0 Å². The summed E-state index contributed by atoms with van der Waals surface area (Å²) in [6.45, 7) is 4.45. The van der Waals surface area contributed by atoms with Crippen molar-refractivity contribution < 1.29 is 9.53 Å². The topological polar surface area (TPSA) is 55.6 Å². The number of nitrogens with two attached hydrogens (primary N) is 1. The first kappa shape index (κ1) is 15.5. The van der Waals surface area contributed by atoms with Crippen molar-refractivity contribution in [3.8, 4) is 5.75 Å². The fraction of sp³-hybridized carbons (Fsp3) is 0.357. The van der Waals surface area contributed by atoms with E-state index in [2.05, 4.69) is 6.58 Å². The molecule has 0 aliphatic heterocycles. The van der Waals surface area contributed by atoms with E-state index in [0.717, 1.165) is 5.75 Å². The molecule has 1 amide bonds. The lowest BCUT2D eigenvalue weighted by atomic mass is 10.2. The molecule has 1 rings (SSSR count). The van der Waals surface area contributed by atoms with E-state index in [1.165, 1.54) is 0 Å². The number of nitrogens with zero attached hydrogens (tertiary/aromatic N) is 1. The first-order chi connectivity index (χ1) is 9.04. The number of benzene rings is 1. The third kappa shape index (κ3) is 5.32. The number of likely N-dealkylation sites (N-methyl/N-ethyl adjacent to an activating group) is 1. The van der Waals surface area contributed by atoms with Gasteiger partial charge in [-0.05, 0) is 30.7 Å². The molecule has 0 saturated heterocycles. The average molecular weight is 283 g/mol. The van der Waals surface area contributed by atoms with Gasteiger partial charge >= 0.3 is 0 Å². The molecule has 0 heterocycles. The van der Waals surface area contributed by atoms with Crippen LogP contribution in [0.2, 0.25) is 5.02 Å². The third-order valence-corrected chi connectivity index (χ3v) is 2.88. The van der Waals surface area contributed by atoms with E-state index < -0.39 is 6.04 Å². The molecule has 0 saturated carbocycles. The first-order valence-electron chi connectivity index (χ1n) is 6.04. The Bertz CT molecular complexity index is 420. The zero-order chi connectivity index (χ0) is 14.3. The van der Waals surface area contributed by atoms with Gasteiger partial charge in [-0.25, -0.2) is 0 Å². The Morgan fingerprint density at radius 1 is 1.53 bits per heavy atom. The minimum Gasteiger partial charge on any atom is -0.492 e. The second-order valence-corrected chi connectivity index (χ2v) is 4.63. The Kier molecular flexibility index (Phi) is 6.39. The van der Waals surface area contributed by atoms with Gasteiger partial charge in [0, 0.05) is 12.1 Å². The molecule has 0 aromatic heterocycles. The molecule has 1 unspecified atom stereocenters. The quantitative estimate of drug-likeness (QED) is 0.779. The summed E-state index contributed by atoms with van der Waals surface area (Å²) in [5.41, 5.74) is 5.71. The summed E-state index contributed by atoms with van der Waals surface area (Å²) in [6, 6.07) is 6.55. The molecule has 0 radical (unpaired) electrons. The van der Waals surface area contributed by atoms with E-state index >= 15 is 0 Å².